The fourth-order valence-electron chi connectivity index (χ4n) is 2.04. The van der Waals surface area contributed by atoms with Crippen molar-refractivity contribution in [3.8, 4) is 0 Å². The van der Waals surface area contributed by atoms with Gasteiger partial charge in [0.2, 0.25) is 0 Å². The molecular formula is C14H10ClNO5S. The molecule has 1 fully saturated rings. The normalized spacial score (nSPS) is 14.2. The van der Waals surface area contributed by atoms with Gasteiger partial charge in [0.25, 0.3) is 5.91 Å². The average molecular weight is 340 g/mol. The van der Waals surface area contributed by atoms with E-state index in [1.165, 1.54) is 11.3 Å². The Balaban J connectivity index is 1.70. The van der Waals surface area contributed by atoms with Crippen LogP contribution in [0, 0.1) is 0 Å². The van der Waals surface area contributed by atoms with E-state index in [0.717, 1.165) is 15.0 Å². The van der Waals surface area contributed by atoms with E-state index in [-0.39, 0.29) is 18.0 Å². The zero-order valence-electron chi connectivity index (χ0n) is 11.2. The van der Waals surface area contributed by atoms with Gasteiger partial charge in [0, 0.05) is 10.1 Å². The van der Waals surface area contributed by atoms with Gasteiger partial charge in [-0.15, -0.1) is 11.3 Å². The van der Waals surface area contributed by atoms with Crippen LogP contribution in [-0.2, 0) is 14.3 Å². The minimum atomic E-state index is -0.721. The first kappa shape index (κ1) is 14.8. The van der Waals surface area contributed by atoms with Crippen molar-refractivity contribution in [1.29, 1.82) is 0 Å². The molecule has 1 aromatic heterocycles. The third-order valence-electron chi connectivity index (χ3n) is 3.11. The monoisotopic (exact) mass is 339 g/mol. The lowest BCUT2D eigenvalue weighted by Gasteiger charge is -2.10. The highest BCUT2D eigenvalue weighted by molar-refractivity contribution is 7.21. The first-order chi connectivity index (χ1) is 10.6. The van der Waals surface area contributed by atoms with Crippen LogP contribution in [0.15, 0.2) is 24.3 Å². The van der Waals surface area contributed by atoms with Crippen molar-refractivity contribution < 1.29 is 23.9 Å². The first-order valence-electron chi connectivity index (χ1n) is 6.39. The van der Waals surface area contributed by atoms with E-state index in [1.54, 1.807) is 6.07 Å². The molecule has 0 spiro atoms. The summed E-state index contributed by atoms with van der Waals surface area (Å²) >= 11 is 7.35. The number of amides is 2. The van der Waals surface area contributed by atoms with Gasteiger partial charge < -0.3 is 9.47 Å². The minimum absolute atomic E-state index is 0.153. The summed E-state index contributed by atoms with van der Waals surface area (Å²) in [4.78, 5) is 36.2. The molecule has 0 atom stereocenters. The molecule has 0 radical (unpaired) electrons. The second kappa shape index (κ2) is 5.94. The fraction of sp³-hybridized carbons (Fsp3) is 0.214. The first-order valence-corrected chi connectivity index (χ1v) is 7.58. The van der Waals surface area contributed by atoms with Gasteiger partial charge in [-0.05, 0) is 6.07 Å². The van der Waals surface area contributed by atoms with Crippen molar-refractivity contribution in [2.75, 3.05) is 19.8 Å². The molecule has 2 amide bonds. The summed E-state index contributed by atoms with van der Waals surface area (Å²) in [6.07, 6.45) is -0.721. The number of hydrogen-bond donors (Lipinski definition) is 0. The standard InChI is InChI=1S/C14H10ClNO5S/c15-11-8-3-1-2-4-9(8)22-12(11)13(18)21-7-10(17)16-5-6-20-14(16)19/h1-4H,5-7H2. The molecule has 1 aromatic carbocycles. The van der Waals surface area contributed by atoms with E-state index in [0.29, 0.717) is 5.02 Å². The van der Waals surface area contributed by atoms with Crippen LogP contribution in [-0.4, -0.2) is 42.6 Å². The van der Waals surface area contributed by atoms with Crippen LogP contribution < -0.4 is 0 Å². The van der Waals surface area contributed by atoms with Gasteiger partial charge in [0.15, 0.2) is 6.61 Å². The van der Waals surface area contributed by atoms with Gasteiger partial charge in [-0.1, -0.05) is 29.8 Å². The summed E-state index contributed by atoms with van der Waals surface area (Å²) in [5.74, 6) is -1.31. The van der Waals surface area contributed by atoms with Gasteiger partial charge in [0.05, 0.1) is 11.6 Å². The van der Waals surface area contributed by atoms with Gasteiger partial charge in [-0.2, -0.15) is 0 Å². The Morgan fingerprint density at radius 1 is 1.36 bits per heavy atom. The molecule has 2 heterocycles. The van der Waals surface area contributed by atoms with Crippen molar-refractivity contribution in [1.82, 2.24) is 4.90 Å². The Hall–Kier alpha value is -2.12. The Labute approximate surface area is 134 Å². The molecule has 0 aliphatic carbocycles. The fourth-order valence-corrected chi connectivity index (χ4v) is 3.44. The summed E-state index contributed by atoms with van der Waals surface area (Å²) in [7, 11) is 0. The zero-order chi connectivity index (χ0) is 15.7. The largest absolute Gasteiger partial charge is 0.451 e. The van der Waals surface area contributed by atoms with E-state index >= 15 is 0 Å². The molecule has 0 unspecified atom stereocenters. The number of imide groups is 1. The highest BCUT2D eigenvalue weighted by Crippen LogP contribution is 2.35. The Morgan fingerprint density at radius 2 is 2.14 bits per heavy atom. The summed E-state index contributed by atoms with van der Waals surface area (Å²) in [6, 6.07) is 7.30. The smallest absolute Gasteiger partial charge is 0.416 e. The number of rotatable bonds is 3. The summed E-state index contributed by atoms with van der Waals surface area (Å²) < 4.78 is 10.4. The Bertz CT molecular complexity index is 772. The minimum Gasteiger partial charge on any atom is -0.451 e. The van der Waals surface area contributed by atoms with Gasteiger partial charge in [0.1, 0.15) is 11.5 Å². The number of hydrogen-bond acceptors (Lipinski definition) is 6. The third-order valence-corrected chi connectivity index (χ3v) is 4.76. The second-order valence-corrected chi connectivity index (χ2v) is 5.91. The van der Waals surface area contributed by atoms with E-state index in [9.17, 15) is 14.4 Å². The molecule has 1 aliphatic heterocycles. The van der Waals surface area contributed by atoms with Crippen molar-refractivity contribution in [2.45, 2.75) is 0 Å². The number of benzene rings is 1. The maximum absolute atomic E-state index is 12.1. The second-order valence-electron chi connectivity index (χ2n) is 4.48. The molecule has 0 N–H and O–H groups in total. The number of esters is 1. The predicted molar refractivity (Wildman–Crippen MR) is 80.2 cm³/mol. The number of fused-ring (bicyclic) bond motifs is 1. The van der Waals surface area contributed by atoms with Crippen molar-refractivity contribution in [3.05, 3.63) is 34.2 Å². The molecule has 22 heavy (non-hydrogen) atoms. The summed E-state index contributed by atoms with van der Waals surface area (Å²) in [5, 5.41) is 1.06. The number of carbonyl (C=O) groups excluding carboxylic acids is 3. The molecule has 1 saturated heterocycles. The third kappa shape index (κ3) is 2.65. The Morgan fingerprint density at radius 3 is 2.82 bits per heavy atom. The molecule has 0 bridgehead atoms. The predicted octanol–water partition coefficient (Wildman–Crippen LogP) is 2.69. The molecule has 6 nitrogen and oxygen atoms in total. The van der Waals surface area contributed by atoms with Gasteiger partial charge in [-0.25, -0.2) is 14.5 Å². The maximum atomic E-state index is 12.1. The van der Waals surface area contributed by atoms with E-state index in [2.05, 4.69) is 4.74 Å². The molecule has 0 saturated carbocycles. The van der Waals surface area contributed by atoms with Crippen molar-refractivity contribution in [2.24, 2.45) is 0 Å². The van der Waals surface area contributed by atoms with E-state index < -0.39 is 24.6 Å². The number of cyclic esters (lactones) is 1. The molecular weight excluding hydrogens is 330 g/mol. The molecule has 1 aliphatic rings. The highest BCUT2D eigenvalue weighted by Gasteiger charge is 2.29. The zero-order valence-corrected chi connectivity index (χ0v) is 12.8. The van der Waals surface area contributed by atoms with Gasteiger partial charge >= 0.3 is 12.1 Å². The van der Waals surface area contributed by atoms with Gasteiger partial charge in [-0.3, -0.25) is 4.79 Å². The molecule has 8 heteroatoms. The Kier molecular flexibility index (Phi) is 4.00. The molecule has 2 aromatic rings. The number of nitrogens with zero attached hydrogens (tertiary/aromatic N) is 1. The van der Waals surface area contributed by atoms with Crippen LogP contribution in [0.2, 0.25) is 5.02 Å². The van der Waals surface area contributed by atoms with Crippen molar-refractivity contribution >= 4 is 51.0 Å². The summed E-state index contributed by atoms with van der Waals surface area (Å²) in [6.45, 7) is -0.210. The van der Waals surface area contributed by atoms with Crippen LogP contribution in [0.3, 0.4) is 0 Å². The average Bonchev–Trinajstić information content (AvgIpc) is 3.09. The lowest BCUT2D eigenvalue weighted by Crippen LogP contribution is -2.35. The SMILES string of the molecule is O=C(OCC(=O)N1CCOC1=O)c1sc2ccccc2c1Cl. The van der Waals surface area contributed by atoms with Crippen LogP contribution in [0.1, 0.15) is 9.67 Å². The van der Waals surface area contributed by atoms with Crippen molar-refractivity contribution in [3.63, 3.8) is 0 Å². The van der Waals surface area contributed by atoms with E-state index in [1.807, 2.05) is 18.2 Å². The lowest BCUT2D eigenvalue weighted by molar-refractivity contribution is -0.131. The van der Waals surface area contributed by atoms with Crippen LogP contribution in [0.25, 0.3) is 10.1 Å². The quantitative estimate of drug-likeness (QED) is 0.804. The maximum Gasteiger partial charge on any atom is 0.416 e. The molecule has 3 rings (SSSR count). The lowest BCUT2D eigenvalue weighted by atomic mass is 10.2. The highest BCUT2D eigenvalue weighted by atomic mass is 35.5. The number of thiophene rings is 1. The van der Waals surface area contributed by atoms with E-state index in [4.69, 9.17) is 16.3 Å². The van der Waals surface area contributed by atoms with Crippen LogP contribution >= 0.6 is 22.9 Å². The number of ether oxygens (including phenoxy) is 2. The summed E-state index contributed by atoms with van der Waals surface area (Å²) in [5.41, 5.74) is 0. The van der Waals surface area contributed by atoms with Crippen LogP contribution in [0.5, 0.6) is 0 Å². The number of carbonyl (C=O) groups is 3. The topological polar surface area (TPSA) is 72.9 Å². The van der Waals surface area contributed by atoms with Crippen LogP contribution in [0.4, 0.5) is 4.79 Å². The molecule has 114 valence electrons. The number of halogens is 1.